The minimum Gasteiger partial charge on any atom is -0.345 e. The Kier molecular flexibility index (Phi) is 6.90. The van der Waals surface area contributed by atoms with E-state index in [1.165, 1.54) is 23.0 Å². The highest BCUT2D eigenvalue weighted by molar-refractivity contribution is 7.89. The molecule has 0 spiro atoms. The fourth-order valence-electron chi connectivity index (χ4n) is 3.61. The van der Waals surface area contributed by atoms with Crippen LogP contribution >= 0.6 is 0 Å². The monoisotopic (exact) mass is 379 g/mol. The van der Waals surface area contributed by atoms with Gasteiger partial charge in [-0.1, -0.05) is 39.0 Å². The number of aromatic nitrogens is 1. The number of carbonyl (C=O) groups is 1. The normalized spacial score (nSPS) is 15.8. The second-order valence-corrected chi connectivity index (χ2v) is 8.63. The molecule has 1 amide bonds. The summed E-state index contributed by atoms with van der Waals surface area (Å²) in [6.07, 6.45) is 12.3. The molecular weight excluding hydrogens is 350 g/mol. The average molecular weight is 380 g/mol. The number of rotatable bonds is 7. The zero-order valence-corrected chi connectivity index (χ0v) is 16.8. The van der Waals surface area contributed by atoms with Crippen molar-refractivity contribution in [2.45, 2.75) is 56.9 Å². The second-order valence-electron chi connectivity index (χ2n) is 6.69. The number of terminal acetylenes is 1. The predicted molar refractivity (Wildman–Crippen MR) is 102 cm³/mol. The third-order valence-corrected chi connectivity index (χ3v) is 7.10. The molecule has 1 aliphatic rings. The van der Waals surface area contributed by atoms with Crippen LogP contribution in [0, 0.1) is 12.3 Å². The van der Waals surface area contributed by atoms with E-state index >= 15 is 0 Å². The molecule has 1 heterocycles. The van der Waals surface area contributed by atoms with Gasteiger partial charge in [0.15, 0.2) is 0 Å². The van der Waals surface area contributed by atoms with Gasteiger partial charge in [0, 0.05) is 32.4 Å². The molecule has 0 radical (unpaired) electrons. The van der Waals surface area contributed by atoms with Crippen LogP contribution in [-0.2, 0) is 17.1 Å². The van der Waals surface area contributed by atoms with Gasteiger partial charge < -0.3 is 9.47 Å². The van der Waals surface area contributed by atoms with Crippen molar-refractivity contribution < 1.29 is 13.2 Å². The van der Waals surface area contributed by atoms with Gasteiger partial charge in [-0.25, -0.2) is 8.42 Å². The van der Waals surface area contributed by atoms with Gasteiger partial charge in [-0.15, -0.1) is 6.42 Å². The van der Waals surface area contributed by atoms with Crippen LogP contribution in [0.1, 0.15) is 56.4 Å². The molecular formula is C19H29N3O3S. The minimum atomic E-state index is -3.60. The number of nitrogens with zero attached hydrogens (tertiary/aromatic N) is 3. The Balaban J connectivity index is 2.34. The van der Waals surface area contributed by atoms with Gasteiger partial charge >= 0.3 is 0 Å². The maximum atomic E-state index is 13.1. The molecule has 0 saturated heterocycles. The van der Waals surface area contributed by atoms with Crippen molar-refractivity contribution in [3.05, 3.63) is 18.0 Å². The Morgan fingerprint density at radius 2 is 1.88 bits per heavy atom. The Labute approximate surface area is 157 Å². The van der Waals surface area contributed by atoms with E-state index < -0.39 is 10.0 Å². The van der Waals surface area contributed by atoms with Crippen LogP contribution < -0.4 is 0 Å². The summed E-state index contributed by atoms with van der Waals surface area (Å²) < 4.78 is 28.4. The van der Waals surface area contributed by atoms with Crippen molar-refractivity contribution in [1.29, 1.82) is 0 Å². The molecule has 0 aromatic carbocycles. The van der Waals surface area contributed by atoms with Gasteiger partial charge in [0.2, 0.25) is 10.0 Å². The summed E-state index contributed by atoms with van der Waals surface area (Å²) in [4.78, 5) is 15.0. The molecule has 0 N–H and O–H groups in total. The largest absolute Gasteiger partial charge is 0.345 e. The van der Waals surface area contributed by atoms with Crippen molar-refractivity contribution in [2.24, 2.45) is 7.05 Å². The lowest BCUT2D eigenvalue weighted by atomic mass is 9.94. The fourth-order valence-corrected chi connectivity index (χ4v) is 5.14. The summed E-state index contributed by atoms with van der Waals surface area (Å²) in [6.45, 7) is 4.62. The molecule has 0 unspecified atom stereocenters. The fraction of sp³-hybridized carbons (Fsp3) is 0.632. The maximum Gasteiger partial charge on any atom is 0.271 e. The topological polar surface area (TPSA) is 62.6 Å². The highest BCUT2D eigenvalue weighted by Crippen LogP contribution is 2.25. The number of carbonyl (C=O) groups excluding carboxylic acids is 1. The van der Waals surface area contributed by atoms with E-state index in [2.05, 4.69) is 5.92 Å². The third-order valence-electron chi connectivity index (χ3n) is 5.08. The molecule has 1 aromatic rings. The van der Waals surface area contributed by atoms with E-state index in [0.717, 1.165) is 25.7 Å². The summed E-state index contributed by atoms with van der Waals surface area (Å²) in [7, 11) is -1.90. The Morgan fingerprint density at radius 1 is 1.27 bits per heavy atom. The van der Waals surface area contributed by atoms with E-state index in [9.17, 15) is 13.2 Å². The second kappa shape index (κ2) is 8.74. The van der Waals surface area contributed by atoms with Crippen molar-refractivity contribution in [3.63, 3.8) is 0 Å². The Hall–Kier alpha value is -1.78. The summed E-state index contributed by atoms with van der Waals surface area (Å²) >= 11 is 0. The molecule has 1 aliphatic carbocycles. The van der Waals surface area contributed by atoms with Crippen LogP contribution in [0.15, 0.2) is 17.2 Å². The number of hydrogen-bond donors (Lipinski definition) is 0. The molecule has 1 fully saturated rings. The first-order valence-corrected chi connectivity index (χ1v) is 10.7. The smallest absolute Gasteiger partial charge is 0.271 e. The zero-order valence-electron chi connectivity index (χ0n) is 15.9. The molecule has 7 heteroatoms. The molecule has 0 atom stereocenters. The zero-order chi connectivity index (χ0) is 19.3. The van der Waals surface area contributed by atoms with Crippen molar-refractivity contribution in [2.75, 3.05) is 19.6 Å². The summed E-state index contributed by atoms with van der Waals surface area (Å²) in [5.41, 5.74) is 0.358. The standard InChI is InChI=1S/C19H29N3O3S/c1-5-13-22(16-11-9-8-10-12-16)19(23)18-14-17(15-20(18)4)26(24,25)21(6-2)7-3/h1,14-16H,6-13H2,2-4H3. The van der Waals surface area contributed by atoms with Crippen LogP contribution in [0.4, 0.5) is 0 Å². The molecule has 6 nitrogen and oxygen atoms in total. The highest BCUT2D eigenvalue weighted by Gasteiger charge is 2.30. The molecule has 0 aliphatic heterocycles. The SMILES string of the molecule is C#CCN(C(=O)c1cc(S(=O)(=O)N(CC)CC)cn1C)C1CCCCC1. The average Bonchev–Trinajstić information content (AvgIpc) is 3.03. The van der Waals surface area contributed by atoms with Crippen LogP contribution in [0.5, 0.6) is 0 Å². The Bertz CT molecular complexity index is 766. The van der Waals surface area contributed by atoms with E-state index in [-0.39, 0.29) is 23.4 Å². The van der Waals surface area contributed by atoms with Crippen LogP contribution in [0.2, 0.25) is 0 Å². The summed E-state index contributed by atoms with van der Waals surface area (Å²) in [5, 5.41) is 0. The minimum absolute atomic E-state index is 0.130. The number of hydrogen-bond acceptors (Lipinski definition) is 3. The Morgan fingerprint density at radius 3 is 2.42 bits per heavy atom. The van der Waals surface area contributed by atoms with Gasteiger partial charge in [0.25, 0.3) is 5.91 Å². The van der Waals surface area contributed by atoms with Gasteiger partial charge in [0.05, 0.1) is 6.54 Å². The molecule has 144 valence electrons. The van der Waals surface area contributed by atoms with Gasteiger partial charge in [-0.05, 0) is 18.9 Å². The lowest BCUT2D eigenvalue weighted by Crippen LogP contribution is -2.42. The van der Waals surface area contributed by atoms with Gasteiger partial charge in [0.1, 0.15) is 10.6 Å². The number of aryl methyl sites for hydroxylation is 1. The predicted octanol–water partition coefficient (Wildman–Crippen LogP) is 2.46. The van der Waals surface area contributed by atoms with Crippen LogP contribution in [0.3, 0.4) is 0 Å². The molecule has 1 saturated carbocycles. The van der Waals surface area contributed by atoms with E-state index in [1.54, 1.807) is 30.4 Å². The first-order valence-electron chi connectivity index (χ1n) is 9.27. The molecule has 2 rings (SSSR count). The molecule has 0 bridgehead atoms. The summed E-state index contributed by atoms with van der Waals surface area (Å²) in [5.74, 6) is 2.38. The van der Waals surface area contributed by atoms with E-state index in [4.69, 9.17) is 6.42 Å². The van der Waals surface area contributed by atoms with E-state index in [0.29, 0.717) is 18.8 Å². The van der Waals surface area contributed by atoms with Crippen molar-refractivity contribution in [1.82, 2.24) is 13.8 Å². The summed E-state index contributed by atoms with van der Waals surface area (Å²) in [6, 6.07) is 1.60. The quantitative estimate of drug-likeness (QED) is 0.684. The van der Waals surface area contributed by atoms with Crippen molar-refractivity contribution in [3.8, 4) is 12.3 Å². The lowest BCUT2D eigenvalue weighted by Gasteiger charge is -2.33. The van der Waals surface area contributed by atoms with Crippen molar-refractivity contribution >= 4 is 15.9 Å². The molecule has 26 heavy (non-hydrogen) atoms. The van der Waals surface area contributed by atoms with E-state index in [1.807, 2.05) is 0 Å². The maximum absolute atomic E-state index is 13.1. The number of amides is 1. The molecule has 1 aromatic heterocycles. The number of sulfonamides is 1. The first kappa shape index (κ1) is 20.5. The van der Waals surface area contributed by atoms with Gasteiger partial charge in [-0.2, -0.15) is 4.31 Å². The van der Waals surface area contributed by atoms with Crippen LogP contribution in [-0.4, -0.2) is 53.8 Å². The highest BCUT2D eigenvalue weighted by atomic mass is 32.2. The lowest BCUT2D eigenvalue weighted by molar-refractivity contribution is 0.0657. The third kappa shape index (κ3) is 4.13. The van der Waals surface area contributed by atoms with Gasteiger partial charge in [-0.3, -0.25) is 4.79 Å². The van der Waals surface area contributed by atoms with Crippen LogP contribution in [0.25, 0.3) is 0 Å². The first-order chi connectivity index (χ1) is 12.4.